The number of aromatic nitrogens is 3. The van der Waals surface area contributed by atoms with E-state index in [2.05, 4.69) is 30.3 Å². The van der Waals surface area contributed by atoms with E-state index in [1.165, 1.54) is 11.3 Å². The van der Waals surface area contributed by atoms with Gasteiger partial charge < -0.3 is 15.7 Å². The van der Waals surface area contributed by atoms with E-state index in [9.17, 15) is 13.5 Å². The number of nitrogens with one attached hydrogen (secondary N) is 3. The Kier molecular flexibility index (Phi) is 8.04. The van der Waals surface area contributed by atoms with Crippen molar-refractivity contribution in [2.75, 3.05) is 30.3 Å². The Hall–Kier alpha value is -3.25. The minimum atomic E-state index is -3.60. The molecule has 12 heteroatoms. The van der Waals surface area contributed by atoms with Crippen molar-refractivity contribution in [1.82, 2.24) is 19.7 Å². The van der Waals surface area contributed by atoms with Crippen LogP contribution in [0.2, 0.25) is 5.02 Å². The highest BCUT2D eigenvalue weighted by molar-refractivity contribution is 7.89. The van der Waals surface area contributed by atoms with Crippen molar-refractivity contribution in [3.63, 3.8) is 0 Å². The summed E-state index contributed by atoms with van der Waals surface area (Å²) in [7, 11) is -3.60. The fourth-order valence-corrected chi connectivity index (χ4v) is 5.48. The summed E-state index contributed by atoms with van der Waals surface area (Å²) in [4.78, 5) is 14.5. The van der Waals surface area contributed by atoms with Crippen LogP contribution in [-0.4, -0.2) is 48.1 Å². The van der Waals surface area contributed by atoms with Crippen LogP contribution < -0.4 is 15.4 Å². The second-order valence-electron chi connectivity index (χ2n) is 7.80. The van der Waals surface area contributed by atoms with E-state index in [4.69, 9.17) is 11.6 Å². The molecule has 0 saturated heterocycles. The lowest BCUT2D eigenvalue weighted by Crippen LogP contribution is -2.29. The molecule has 0 bridgehead atoms. The zero-order valence-corrected chi connectivity index (χ0v) is 22.0. The molecule has 36 heavy (non-hydrogen) atoms. The van der Waals surface area contributed by atoms with E-state index >= 15 is 0 Å². The summed E-state index contributed by atoms with van der Waals surface area (Å²) in [5, 5.41) is 17.3. The Bertz CT molecular complexity index is 1460. The van der Waals surface area contributed by atoms with Crippen molar-refractivity contribution in [2.24, 2.45) is 0 Å². The van der Waals surface area contributed by atoms with Crippen molar-refractivity contribution >= 4 is 44.0 Å². The van der Waals surface area contributed by atoms with E-state index in [0.717, 1.165) is 15.6 Å². The molecular formula is C24H25ClN6O3S2. The molecule has 0 unspecified atom stereocenters. The van der Waals surface area contributed by atoms with Crippen LogP contribution in [0.1, 0.15) is 12.5 Å². The van der Waals surface area contributed by atoms with Gasteiger partial charge in [0.1, 0.15) is 5.75 Å². The van der Waals surface area contributed by atoms with Gasteiger partial charge in [0.25, 0.3) is 0 Å². The van der Waals surface area contributed by atoms with Crippen LogP contribution in [-0.2, 0) is 10.0 Å². The van der Waals surface area contributed by atoms with Crippen LogP contribution in [0.25, 0.3) is 21.8 Å². The highest BCUT2D eigenvalue weighted by atomic mass is 35.5. The standard InChI is InChI=1S/C24H25ClN6O3S2/c1-3-26-24-31-21(16-6-9-18(25)20(32)14-16)22(35-24)19-10-11-27-23(30-19)28-12-13-29-36(33,34)17-7-4-15(2)5-8-17/h4-11,14,29,32H,3,12-13H2,1-2H3,(H,26,31)(H,27,28,30). The highest BCUT2D eigenvalue weighted by Gasteiger charge is 2.18. The lowest BCUT2D eigenvalue weighted by Gasteiger charge is -2.09. The second kappa shape index (κ2) is 11.2. The molecule has 0 aliphatic rings. The van der Waals surface area contributed by atoms with E-state index in [1.807, 2.05) is 13.8 Å². The minimum absolute atomic E-state index is 0.0312. The molecule has 0 fully saturated rings. The van der Waals surface area contributed by atoms with Crippen LogP contribution in [0, 0.1) is 6.92 Å². The van der Waals surface area contributed by atoms with Crippen molar-refractivity contribution < 1.29 is 13.5 Å². The smallest absolute Gasteiger partial charge is 0.240 e. The molecule has 0 atom stereocenters. The maximum absolute atomic E-state index is 12.5. The Labute approximate surface area is 218 Å². The molecule has 4 rings (SSSR count). The van der Waals surface area contributed by atoms with Gasteiger partial charge in [-0.25, -0.2) is 28.1 Å². The first-order chi connectivity index (χ1) is 17.3. The predicted molar refractivity (Wildman–Crippen MR) is 144 cm³/mol. The number of hydrogen-bond acceptors (Lipinski definition) is 9. The molecule has 4 N–H and O–H groups in total. The molecule has 2 aromatic carbocycles. The molecular weight excluding hydrogens is 520 g/mol. The number of benzene rings is 2. The number of rotatable bonds is 10. The third-order valence-electron chi connectivity index (χ3n) is 5.09. The van der Waals surface area contributed by atoms with Crippen LogP contribution in [0.5, 0.6) is 5.75 Å². The minimum Gasteiger partial charge on any atom is -0.506 e. The molecule has 0 radical (unpaired) electrons. The monoisotopic (exact) mass is 544 g/mol. The molecule has 4 aromatic rings. The molecule has 0 aliphatic heterocycles. The second-order valence-corrected chi connectivity index (χ2v) is 11.0. The number of nitrogens with zero attached hydrogens (tertiary/aromatic N) is 3. The van der Waals surface area contributed by atoms with Gasteiger partial charge in [0, 0.05) is 31.4 Å². The summed E-state index contributed by atoms with van der Waals surface area (Å²) < 4.78 is 27.5. The number of phenols is 1. The zero-order valence-electron chi connectivity index (χ0n) is 19.6. The number of halogens is 1. The number of aromatic hydroxyl groups is 1. The van der Waals surface area contributed by atoms with Gasteiger partial charge in [-0.15, -0.1) is 0 Å². The van der Waals surface area contributed by atoms with Gasteiger partial charge in [-0.05, 0) is 44.2 Å². The van der Waals surface area contributed by atoms with E-state index < -0.39 is 10.0 Å². The molecule has 188 valence electrons. The Balaban J connectivity index is 1.49. The fourth-order valence-electron chi connectivity index (χ4n) is 3.31. The number of thiazole rings is 1. The molecule has 0 amide bonds. The molecule has 0 spiro atoms. The summed E-state index contributed by atoms with van der Waals surface area (Å²) in [5.74, 6) is 0.321. The van der Waals surface area contributed by atoms with Crippen molar-refractivity contribution in [3.05, 3.63) is 65.3 Å². The maximum atomic E-state index is 12.5. The molecule has 0 saturated carbocycles. The van der Waals surface area contributed by atoms with Crippen molar-refractivity contribution in [3.8, 4) is 27.6 Å². The molecule has 2 heterocycles. The molecule has 9 nitrogen and oxygen atoms in total. The first-order valence-corrected chi connectivity index (χ1v) is 13.8. The number of sulfonamides is 1. The molecule has 0 aliphatic carbocycles. The van der Waals surface area contributed by atoms with Crippen LogP contribution in [0.15, 0.2) is 59.6 Å². The van der Waals surface area contributed by atoms with Gasteiger partial charge in [-0.1, -0.05) is 46.7 Å². The van der Waals surface area contributed by atoms with E-state index in [1.54, 1.807) is 54.7 Å². The average molecular weight is 545 g/mol. The lowest BCUT2D eigenvalue weighted by molar-refractivity contribution is 0.476. The Morgan fingerprint density at radius 2 is 1.81 bits per heavy atom. The number of phenolic OH excluding ortho intramolecular Hbond substituents is 1. The van der Waals surface area contributed by atoms with Gasteiger partial charge in [-0.3, -0.25) is 0 Å². The van der Waals surface area contributed by atoms with E-state index in [0.29, 0.717) is 29.4 Å². The maximum Gasteiger partial charge on any atom is 0.240 e. The van der Waals surface area contributed by atoms with Crippen molar-refractivity contribution in [1.29, 1.82) is 0 Å². The first-order valence-electron chi connectivity index (χ1n) is 11.1. The van der Waals surface area contributed by atoms with Crippen LogP contribution in [0.3, 0.4) is 0 Å². The highest BCUT2D eigenvalue weighted by Crippen LogP contribution is 2.40. The van der Waals surface area contributed by atoms with Crippen molar-refractivity contribution in [2.45, 2.75) is 18.7 Å². The predicted octanol–water partition coefficient (Wildman–Crippen LogP) is 4.76. The summed E-state index contributed by atoms with van der Waals surface area (Å²) in [6, 6.07) is 13.4. The van der Waals surface area contributed by atoms with E-state index in [-0.39, 0.29) is 28.8 Å². The Morgan fingerprint density at radius 1 is 1.03 bits per heavy atom. The largest absolute Gasteiger partial charge is 0.506 e. The first kappa shape index (κ1) is 25.8. The SMILES string of the molecule is CCNc1nc(-c2ccc(Cl)c(O)c2)c(-c2ccnc(NCCNS(=O)(=O)c3ccc(C)cc3)n2)s1. The fraction of sp³-hybridized carbons (Fsp3) is 0.208. The number of hydrogen-bond donors (Lipinski definition) is 4. The average Bonchev–Trinajstić information content (AvgIpc) is 3.28. The normalized spacial score (nSPS) is 11.4. The summed E-state index contributed by atoms with van der Waals surface area (Å²) in [5.41, 5.74) is 2.98. The zero-order chi connectivity index (χ0) is 25.7. The van der Waals surface area contributed by atoms with Gasteiger partial charge in [0.15, 0.2) is 5.13 Å². The van der Waals surface area contributed by atoms with Gasteiger partial charge in [0.2, 0.25) is 16.0 Å². The van der Waals surface area contributed by atoms with Gasteiger partial charge in [0.05, 0.1) is 26.2 Å². The quantitative estimate of drug-likeness (QED) is 0.210. The summed E-state index contributed by atoms with van der Waals surface area (Å²) in [6.07, 6.45) is 1.62. The van der Waals surface area contributed by atoms with Crippen LogP contribution in [0.4, 0.5) is 11.1 Å². The lowest BCUT2D eigenvalue weighted by atomic mass is 10.1. The summed E-state index contributed by atoms with van der Waals surface area (Å²) in [6.45, 7) is 5.03. The topological polar surface area (TPSA) is 129 Å². The summed E-state index contributed by atoms with van der Waals surface area (Å²) >= 11 is 7.41. The third kappa shape index (κ3) is 6.11. The number of aryl methyl sites for hydroxylation is 1. The molecule has 2 aromatic heterocycles. The number of anilines is 2. The third-order valence-corrected chi connectivity index (χ3v) is 7.93. The van der Waals surface area contributed by atoms with Gasteiger partial charge in [-0.2, -0.15) is 0 Å². The van der Waals surface area contributed by atoms with Crippen LogP contribution >= 0.6 is 22.9 Å². The Morgan fingerprint density at radius 3 is 2.53 bits per heavy atom. The van der Waals surface area contributed by atoms with Gasteiger partial charge >= 0.3 is 0 Å².